The molecule has 1 rings (SSSR count). The number of carbonyl (C=O) groups is 1. The number of hydrogen-bond acceptors (Lipinski definition) is 5. The van der Waals surface area contributed by atoms with E-state index in [0.717, 1.165) is 0 Å². The summed E-state index contributed by atoms with van der Waals surface area (Å²) in [5, 5.41) is 23.1. The molecule has 0 saturated carbocycles. The summed E-state index contributed by atoms with van der Waals surface area (Å²) in [4.78, 5) is 11.7. The molecule has 0 heterocycles. The highest BCUT2D eigenvalue weighted by Crippen LogP contribution is 2.10. The number of benzene rings is 1. The van der Waals surface area contributed by atoms with Crippen LogP contribution in [0.25, 0.3) is 0 Å². The maximum absolute atomic E-state index is 11.7. The van der Waals surface area contributed by atoms with Gasteiger partial charge in [-0.15, -0.1) is 0 Å². The minimum Gasteiger partial charge on any atom is -0.784 e. The molecule has 0 atom stereocenters. The Kier molecular flexibility index (Phi) is 4.57. The zero-order valence-electron chi connectivity index (χ0n) is 9.29. The number of carbonyl (C=O) groups excluding carboxylic acids is 1. The minimum absolute atomic E-state index is 0.107. The molecular weight excluding hydrogens is 208 g/mol. The lowest BCUT2D eigenvalue weighted by atomic mass is 10.1. The highest BCUT2D eigenvalue weighted by atomic mass is 16.5. The quantitative estimate of drug-likeness (QED) is 0.428. The van der Waals surface area contributed by atoms with Gasteiger partial charge in [0.05, 0.1) is 0 Å². The van der Waals surface area contributed by atoms with Gasteiger partial charge in [0.1, 0.15) is 0 Å². The second-order valence-corrected chi connectivity index (χ2v) is 3.57. The average Bonchev–Trinajstić information content (AvgIpc) is 2.25. The summed E-state index contributed by atoms with van der Waals surface area (Å²) in [6.07, 6.45) is -1.07. The third-order valence-corrected chi connectivity index (χ3v) is 2.30. The van der Waals surface area contributed by atoms with E-state index in [0.29, 0.717) is 15.7 Å². The number of rotatable bonds is 5. The number of nitrogens with zero attached hydrogens (tertiary/aromatic N) is 2. The van der Waals surface area contributed by atoms with E-state index in [1.165, 1.54) is 14.1 Å². The zero-order valence-corrected chi connectivity index (χ0v) is 9.29. The maximum atomic E-state index is 11.7. The number of Topliss-reactive ketones (excluding diaryl/α,β-unsaturated/α-hetero) is 1. The van der Waals surface area contributed by atoms with Crippen LogP contribution in [0.1, 0.15) is 16.8 Å². The summed E-state index contributed by atoms with van der Waals surface area (Å²) >= 11 is 0. The van der Waals surface area contributed by atoms with Gasteiger partial charge in [-0.25, -0.2) is 0 Å². The summed E-state index contributed by atoms with van der Waals surface area (Å²) in [7, 11) is 2.47. The van der Waals surface area contributed by atoms with Crippen molar-refractivity contribution in [2.75, 3.05) is 14.1 Å². The van der Waals surface area contributed by atoms with Crippen molar-refractivity contribution in [3.8, 4) is 0 Å². The Morgan fingerprint density at radius 3 is 2.12 bits per heavy atom. The predicted octanol–water partition coefficient (Wildman–Crippen LogP) is 1.44. The van der Waals surface area contributed by atoms with Gasteiger partial charge in [-0.3, -0.25) is 4.79 Å². The lowest BCUT2D eigenvalue weighted by Crippen LogP contribution is -2.40. The Morgan fingerprint density at radius 1 is 1.19 bits per heavy atom. The largest absolute Gasteiger partial charge is 0.784 e. The highest BCUT2D eigenvalue weighted by Gasteiger charge is 2.14. The Hall–Kier alpha value is -1.27. The molecule has 0 spiro atoms. The molecule has 0 radical (unpaired) electrons. The standard InChI is InChI=1S/C11H14N2O3/c1-12(15)11(13(2)16)8-10(14)9-6-4-3-5-7-9/h3-7,11H,8H2,1-2H3/q-2. The van der Waals surface area contributed by atoms with Crippen molar-refractivity contribution in [2.45, 2.75) is 12.6 Å². The SMILES string of the molecule is CN([O-])C(CC(=O)c1ccccc1)N(C)[O-]. The van der Waals surface area contributed by atoms with Crippen molar-refractivity contribution in [3.05, 3.63) is 46.3 Å². The molecule has 5 heteroatoms. The molecule has 0 bridgehead atoms. The van der Waals surface area contributed by atoms with E-state index in [9.17, 15) is 15.2 Å². The van der Waals surface area contributed by atoms with Gasteiger partial charge in [-0.05, 0) is 14.1 Å². The highest BCUT2D eigenvalue weighted by molar-refractivity contribution is 5.96. The molecule has 0 aliphatic rings. The molecule has 0 aliphatic carbocycles. The van der Waals surface area contributed by atoms with E-state index in [-0.39, 0.29) is 12.2 Å². The van der Waals surface area contributed by atoms with Gasteiger partial charge in [0.25, 0.3) is 0 Å². The van der Waals surface area contributed by atoms with Crippen LogP contribution in [0.3, 0.4) is 0 Å². The fraction of sp³-hybridized carbons (Fsp3) is 0.364. The van der Waals surface area contributed by atoms with Crippen molar-refractivity contribution in [2.24, 2.45) is 0 Å². The second-order valence-electron chi connectivity index (χ2n) is 3.57. The molecular formula is C11H14N2O3-2. The molecule has 0 fully saturated rings. The minimum atomic E-state index is -0.965. The van der Waals surface area contributed by atoms with Gasteiger partial charge >= 0.3 is 0 Å². The van der Waals surface area contributed by atoms with Crippen LogP contribution in [0, 0.1) is 10.4 Å². The first-order valence-electron chi connectivity index (χ1n) is 4.90. The van der Waals surface area contributed by atoms with E-state index < -0.39 is 6.17 Å². The summed E-state index contributed by atoms with van der Waals surface area (Å²) in [5.74, 6) is -0.212. The molecule has 5 nitrogen and oxygen atoms in total. The van der Waals surface area contributed by atoms with E-state index in [1.54, 1.807) is 30.3 Å². The Labute approximate surface area is 94.4 Å². The molecule has 1 aromatic carbocycles. The molecule has 1 aromatic rings. The van der Waals surface area contributed by atoms with Crippen LogP contribution in [-0.4, -0.2) is 36.2 Å². The van der Waals surface area contributed by atoms with Crippen LogP contribution in [0.2, 0.25) is 0 Å². The Balaban J connectivity index is 2.70. The monoisotopic (exact) mass is 222 g/mol. The average molecular weight is 222 g/mol. The van der Waals surface area contributed by atoms with E-state index in [4.69, 9.17) is 0 Å². The van der Waals surface area contributed by atoms with Crippen molar-refractivity contribution in [1.82, 2.24) is 10.1 Å². The first-order chi connectivity index (χ1) is 7.52. The van der Waals surface area contributed by atoms with Gasteiger partial charge in [0, 0.05) is 18.2 Å². The number of ketones is 1. The third kappa shape index (κ3) is 3.39. The molecule has 0 aromatic heterocycles. The van der Waals surface area contributed by atoms with Gasteiger partial charge in [0.15, 0.2) is 5.78 Å². The van der Waals surface area contributed by atoms with E-state index in [1.807, 2.05) is 0 Å². The van der Waals surface area contributed by atoms with Crippen molar-refractivity contribution >= 4 is 5.78 Å². The van der Waals surface area contributed by atoms with Crippen molar-refractivity contribution in [1.29, 1.82) is 0 Å². The fourth-order valence-corrected chi connectivity index (χ4v) is 1.39. The van der Waals surface area contributed by atoms with E-state index in [2.05, 4.69) is 0 Å². The van der Waals surface area contributed by atoms with Crippen LogP contribution < -0.4 is 0 Å². The van der Waals surface area contributed by atoms with Gasteiger partial charge < -0.3 is 20.5 Å². The van der Waals surface area contributed by atoms with Gasteiger partial charge in [-0.1, -0.05) is 30.3 Å². The topological polar surface area (TPSA) is 69.7 Å². The zero-order chi connectivity index (χ0) is 12.1. The first-order valence-corrected chi connectivity index (χ1v) is 4.90. The predicted molar refractivity (Wildman–Crippen MR) is 61.4 cm³/mol. The van der Waals surface area contributed by atoms with Crippen LogP contribution in [0.15, 0.2) is 30.3 Å². The van der Waals surface area contributed by atoms with Crippen molar-refractivity contribution < 1.29 is 4.79 Å². The van der Waals surface area contributed by atoms with Gasteiger partial charge in [0.2, 0.25) is 0 Å². The summed E-state index contributed by atoms with van der Waals surface area (Å²) in [6.45, 7) is 0. The lowest BCUT2D eigenvalue weighted by Gasteiger charge is -2.42. The van der Waals surface area contributed by atoms with Crippen LogP contribution in [-0.2, 0) is 0 Å². The summed E-state index contributed by atoms with van der Waals surface area (Å²) < 4.78 is 0. The molecule has 0 saturated heterocycles. The molecule has 0 unspecified atom stereocenters. The fourth-order valence-electron chi connectivity index (χ4n) is 1.39. The van der Waals surface area contributed by atoms with Crippen LogP contribution in [0.5, 0.6) is 0 Å². The Morgan fingerprint density at radius 2 is 1.69 bits per heavy atom. The molecule has 0 N–H and O–H groups in total. The Bertz CT molecular complexity index is 330. The summed E-state index contributed by atoms with van der Waals surface area (Å²) in [6, 6.07) is 8.60. The van der Waals surface area contributed by atoms with Crippen molar-refractivity contribution in [3.63, 3.8) is 0 Å². The van der Waals surface area contributed by atoms with Crippen LogP contribution in [0.4, 0.5) is 0 Å². The molecule has 0 amide bonds. The summed E-state index contributed by atoms with van der Waals surface area (Å²) in [5.41, 5.74) is 0.510. The smallest absolute Gasteiger partial charge is 0.165 e. The lowest BCUT2D eigenvalue weighted by molar-refractivity contribution is 0.0869. The molecule has 0 aliphatic heterocycles. The second kappa shape index (κ2) is 5.72. The van der Waals surface area contributed by atoms with E-state index >= 15 is 0 Å². The number of hydroxylamine groups is 4. The number of hydrogen-bond donors (Lipinski definition) is 0. The third-order valence-electron chi connectivity index (χ3n) is 2.30. The molecule has 88 valence electrons. The first kappa shape index (κ1) is 12.8. The molecule has 16 heavy (non-hydrogen) atoms. The van der Waals surface area contributed by atoms with Gasteiger partial charge in [-0.2, -0.15) is 0 Å². The maximum Gasteiger partial charge on any atom is 0.165 e. The van der Waals surface area contributed by atoms with Crippen LogP contribution >= 0.6 is 0 Å². The normalized spacial score (nSPS) is 11.4.